The van der Waals surface area contributed by atoms with Crippen molar-refractivity contribution in [1.82, 2.24) is 9.97 Å². The summed E-state index contributed by atoms with van der Waals surface area (Å²) < 4.78 is 28.3. The number of aromatic nitrogens is 2. The predicted octanol–water partition coefficient (Wildman–Crippen LogP) is 7.11. The maximum atomic E-state index is 13.8. The molecule has 1 aromatic heterocycles. The highest BCUT2D eigenvalue weighted by atomic mass is 32.2. The summed E-state index contributed by atoms with van der Waals surface area (Å²) in [5.74, 6) is 1.99. The standard InChI is InChI=1S/C32H42N4O3S/c1-19(2)23-7-13-27-24(18-23)8-14-28-29(27)20(3)15-16-32(28,6)30(37)35-25-9-11-26(12-10-25)40(38,39)36-31-33-21(4)17-22(5)34-31/h9-12,17,19-20,23H,7-8,13-16,18H2,1-6H3,(H,35,37)(H,33,34,36)/t20-,23-,32-/m0/s1. The largest absolute Gasteiger partial charge is 0.325 e. The number of sulfonamides is 1. The Balaban J connectivity index is 1.35. The lowest BCUT2D eigenvalue weighted by Crippen LogP contribution is -2.41. The van der Waals surface area contributed by atoms with Crippen LogP contribution in [0, 0.1) is 37.0 Å². The van der Waals surface area contributed by atoms with E-state index < -0.39 is 15.4 Å². The average Bonchev–Trinajstić information content (AvgIpc) is 2.89. The minimum absolute atomic E-state index is 0.0100. The molecule has 40 heavy (non-hydrogen) atoms. The number of allylic oxidation sites excluding steroid dienone is 3. The van der Waals surface area contributed by atoms with Gasteiger partial charge in [0.25, 0.3) is 10.0 Å². The number of hydrogen-bond donors (Lipinski definition) is 2. The minimum atomic E-state index is -3.87. The van der Waals surface area contributed by atoms with Gasteiger partial charge in [0.1, 0.15) is 0 Å². The van der Waals surface area contributed by atoms with E-state index in [1.54, 1.807) is 43.2 Å². The number of fused-ring (bicyclic) bond motifs is 1. The summed E-state index contributed by atoms with van der Waals surface area (Å²) in [6.07, 6.45) is 7.42. The molecule has 0 radical (unpaired) electrons. The normalized spacial score (nSPS) is 25.0. The molecule has 3 atom stereocenters. The smallest absolute Gasteiger partial charge is 0.264 e. The lowest BCUT2D eigenvalue weighted by atomic mass is 9.59. The van der Waals surface area contributed by atoms with Gasteiger partial charge in [0.05, 0.1) is 10.3 Å². The zero-order chi connectivity index (χ0) is 28.8. The number of benzene rings is 1. The van der Waals surface area contributed by atoms with Crippen LogP contribution in [0.15, 0.2) is 57.5 Å². The quantitative estimate of drug-likeness (QED) is 0.391. The Hall–Kier alpha value is -3.00. The third kappa shape index (κ3) is 5.47. The lowest BCUT2D eigenvalue weighted by Gasteiger charge is -2.45. The molecule has 0 fully saturated rings. The van der Waals surface area contributed by atoms with Gasteiger partial charge in [-0.15, -0.1) is 0 Å². The molecule has 2 N–H and O–H groups in total. The van der Waals surface area contributed by atoms with Crippen molar-refractivity contribution in [2.24, 2.45) is 23.2 Å². The molecule has 1 amide bonds. The van der Waals surface area contributed by atoms with E-state index in [-0.39, 0.29) is 16.8 Å². The highest BCUT2D eigenvalue weighted by molar-refractivity contribution is 7.92. The van der Waals surface area contributed by atoms with E-state index in [2.05, 4.69) is 47.7 Å². The Bertz CT molecular complexity index is 1470. The monoisotopic (exact) mass is 562 g/mol. The number of carbonyl (C=O) groups excluding carboxylic acids is 1. The molecule has 5 rings (SSSR count). The van der Waals surface area contributed by atoms with Crippen LogP contribution in [0.5, 0.6) is 0 Å². The SMILES string of the molecule is Cc1cc(C)nc(NS(=O)(=O)c2ccc(NC(=O)[C@@]3(C)CC[C@H](C)C4=C3CCC3=C4CC[C@H](C(C)C)C3)cc2)n1. The molecule has 2 aromatic rings. The molecule has 3 aliphatic carbocycles. The van der Waals surface area contributed by atoms with Gasteiger partial charge >= 0.3 is 0 Å². The number of anilines is 2. The summed E-state index contributed by atoms with van der Waals surface area (Å²) in [5, 5.41) is 3.11. The van der Waals surface area contributed by atoms with Crippen molar-refractivity contribution in [1.29, 1.82) is 0 Å². The third-order valence-electron chi connectivity index (χ3n) is 9.34. The molecule has 7 nitrogen and oxygen atoms in total. The van der Waals surface area contributed by atoms with Crippen LogP contribution in [0.3, 0.4) is 0 Å². The molecule has 3 aliphatic rings. The Morgan fingerprint density at radius 3 is 2.35 bits per heavy atom. The summed E-state index contributed by atoms with van der Waals surface area (Å²) in [5.41, 5.74) is 7.36. The Morgan fingerprint density at radius 2 is 1.70 bits per heavy atom. The van der Waals surface area contributed by atoms with Crippen molar-refractivity contribution in [3.05, 3.63) is 64.0 Å². The van der Waals surface area contributed by atoms with Gasteiger partial charge < -0.3 is 5.32 Å². The number of amides is 1. The maximum Gasteiger partial charge on any atom is 0.264 e. The fraction of sp³-hybridized carbons (Fsp3) is 0.531. The van der Waals surface area contributed by atoms with Crippen molar-refractivity contribution < 1.29 is 13.2 Å². The first-order valence-electron chi connectivity index (χ1n) is 14.6. The highest BCUT2D eigenvalue weighted by Crippen LogP contribution is 2.54. The fourth-order valence-corrected chi connectivity index (χ4v) is 7.89. The van der Waals surface area contributed by atoms with Crippen LogP contribution < -0.4 is 10.0 Å². The highest BCUT2D eigenvalue weighted by Gasteiger charge is 2.45. The summed E-state index contributed by atoms with van der Waals surface area (Å²) in [7, 11) is -3.87. The van der Waals surface area contributed by atoms with Gasteiger partial charge in [0.15, 0.2) is 0 Å². The second kappa shape index (κ2) is 10.8. The van der Waals surface area contributed by atoms with Gasteiger partial charge in [0.2, 0.25) is 11.9 Å². The van der Waals surface area contributed by atoms with E-state index in [0.717, 1.165) is 38.0 Å². The van der Waals surface area contributed by atoms with Crippen LogP contribution in [0.25, 0.3) is 0 Å². The van der Waals surface area contributed by atoms with Crippen LogP contribution in [0.4, 0.5) is 11.6 Å². The molecular weight excluding hydrogens is 520 g/mol. The summed E-state index contributed by atoms with van der Waals surface area (Å²) >= 11 is 0. The van der Waals surface area contributed by atoms with Gasteiger partial charge in [-0.2, -0.15) is 0 Å². The topological polar surface area (TPSA) is 101 Å². The average molecular weight is 563 g/mol. The molecule has 0 saturated heterocycles. The predicted molar refractivity (Wildman–Crippen MR) is 159 cm³/mol. The third-order valence-corrected chi connectivity index (χ3v) is 10.7. The van der Waals surface area contributed by atoms with Crippen LogP contribution >= 0.6 is 0 Å². The number of hydrogen-bond acceptors (Lipinski definition) is 5. The van der Waals surface area contributed by atoms with Gasteiger partial charge in [-0.3, -0.25) is 4.79 Å². The van der Waals surface area contributed by atoms with E-state index in [9.17, 15) is 13.2 Å². The molecule has 1 aromatic carbocycles. The van der Waals surface area contributed by atoms with Crippen LogP contribution in [-0.4, -0.2) is 24.3 Å². The zero-order valence-corrected chi connectivity index (χ0v) is 25.4. The number of carbonyl (C=O) groups is 1. The molecule has 0 unspecified atom stereocenters. The summed E-state index contributed by atoms with van der Waals surface area (Å²) in [6.45, 7) is 12.7. The van der Waals surface area contributed by atoms with Crippen LogP contribution in [0.1, 0.15) is 84.0 Å². The van der Waals surface area contributed by atoms with E-state index >= 15 is 0 Å². The first-order chi connectivity index (χ1) is 18.9. The summed E-state index contributed by atoms with van der Waals surface area (Å²) in [4.78, 5) is 22.3. The van der Waals surface area contributed by atoms with E-state index in [4.69, 9.17) is 0 Å². The van der Waals surface area contributed by atoms with Gasteiger partial charge in [-0.1, -0.05) is 31.9 Å². The second-order valence-electron chi connectivity index (χ2n) is 12.6. The van der Waals surface area contributed by atoms with Crippen LogP contribution in [0.2, 0.25) is 0 Å². The lowest BCUT2D eigenvalue weighted by molar-refractivity contribution is -0.123. The Kier molecular flexibility index (Phi) is 7.68. The second-order valence-corrected chi connectivity index (χ2v) is 14.2. The molecule has 0 bridgehead atoms. The summed E-state index contributed by atoms with van der Waals surface area (Å²) in [6, 6.07) is 8.08. The molecule has 214 valence electrons. The van der Waals surface area contributed by atoms with Crippen LogP contribution in [-0.2, 0) is 14.8 Å². The Morgan fingerprint density at radius 1 is 1.02 bits per heavy atom. The molecule has 0 spiro atoms. The molecular formula is C32H42N4O3S. The molecule has 0 saturated carbocycles. The first kappa shape index (κ1) is 28.5. The van der Waals surface area contributed by atoms with E-state index in [0.29, 0.717) is 28.9 Å². The molecule has 0 aliphatic heterocycles. The number of aryl methyl sites for hydroxylation is 2. The van der Waals surface area contributed by atoms with Gasteiger partial charge in [0, 0.05) is 17.1 Å². The van der Waals surface area contributed by atoms with Crippen molar-refractivity contribution in [3.8, 4) is 0 Å². The van der Waals surface area contributed by atoms with E-state index in [1.807, 2.05) is 0 Å². The van der Waals surface area contributed by atoms with Crippen molar-refractivity contribution >= 4 is 27.6 Å². The number of rotatable bonds is 6. The van der Waals surface area contributed by atoms with Gasteiger partial charge in [-0.25, -0.2) is 23.1 Å². The molecule has 1 heterocycles. The maximum absolute atomic E-state index is 13.8. The fourth-order valence-electron chi connectivity index (χ4n) is 6.94. The number of nitrogens with zero attached hydrogens (tertiary/aromatic N) is 2. The van der Waals surface area contributed by atoms with Gasteiger partial charge in [-0.05, 0) is 125 Å². The number of nitrogens with one attached hydrogen (secondary N) is 2. The minimum Gasteiger partial charge on any atom is -0.325 e. The zero-order valence-electron chi connectivity index (χ0n) is 24.6. The van der Waals surface area contributed by atoms with Crippen molar-refractivity contribution in [2.75, 3.05) is 10.0 Å². The van der Waals surface area contributed by atoms with E-state index in [1.165, 1.54) is 36.1 Å². The van der Waals surface area contributed by atoms with Crippen molar-refractivity contribution in [3.63, 3.8) is 0 Å². The Labute approximate surface area is 239 Å². The van der Waals surface area contributed by atoms with Crippen molar-refractivity contribution in [2.45, 2.75) is 91.4 Å². The molecule has 8 heteroatoms. The first-order valence-corrected chi connectivity index (χ1v) is 16.1.